The van der Waals surface area contributed by atoms with E-state index in [1.54, 1.807) is 0 Å². The number of benzene rings is 8. The molecule has 0 saturated carbocycles. The van der Waals surface area contributed by atoms with Gasteiger partial charge in [-0.05, 0) is 83.7 Å². The Morgan fingerprint density at radius 2 is 0.631 bits per heavy atom. The molecule has 328 valence electrons. The minimum Gasteiger partial charge on any atom is -0.484 e. The van der Waals surface area contributed by atoms with Gasteiger partial charge in [-0.2, -0.15) is 0 Å². The molecule has 0 aliphatic heterocycles. The third-order valence-corrected chi connectivity index (χ3v) is 12.7. The van der Waals surface area contributed by atoms with Crippen molar-refractivity contribution >= 4 is 0 Å². The SMILES string of the molecule is CC(C)(C)c1cc(OC(c2cc(C(C)(C)C)c(-c3ccccc3)c(-c3ccccc3)c2-c2ccccc2)C(CO)(CO)CO)c(-c2ccccc2)c(-c2ccccc2)c1-c1ccccc1. The Bertz CT molecular complexity index is 2810. The summed E-state index contributed by atoms with van der Waals surface area (Å²) in [5.41, 5.74) is 12.6. The lowest BCUT2D eigenvalue weighted by Crippen LogP contribution is -2.43. The van der Waals surface area contributed by atoms with E-state index in [4.69, 9.17) is 4.74 Å². The van der Waals surface area contributed by atoms with Crippen molar-refractivity contribution in [2.24, 2.45) is 5.41 Å². The lowest BCUT2D eigenvalue weighted by atomic mass is 9.71. The molecule has 0 saturated heterocycles. The molecule has 1 unspecified atom stereocenters. The first-order valence-corrected chi connectivity index (χ1v) is 22.6. The van der Waals surface area contributed by atoms with Gasteiger partial charge in [-0.1, -0.05) is 230 Å². The van der Waals surface area contributed by atoms with Crippen LogP contribution in [0.5, 0.6) is 5.75 Å². The summed E-state index contributed by atoms with van der Waals surface area (Å²) >= 11 is 0. The summed E-state index contributed by atoms with van der Waals surface area (Å²) in [6, 6.07) is 67.1. The van der Waals surface area contributed by atoms with Gasteiger partial charge in [0.25, 0.3) is 0 Å². The molecule has 0 bridgehead atoms. The smallest absolute Gasteiger partial charge is 0.137 e. The molecule has 8 rings (SSSR count). The van der Waals surface area contributed by atoms with Gasteiger partial charge in [0.1, 0.15) is 11.9 Å². The lowest BCUT2D eigenvalue weighted by Gasteiger charge is -2.40. The van der Waals surface area contributed by atoms with Crippen molar-refractivity contribution in [3.8, 4) is 72.5 Å². The van der Waals surface area contributed by atoms with Crippen LogP contribution in [0.15, 0.2) is 194 Å². The highest BCUT2D eigenvalue weighted by atomic mass is 16.5. The van der Waals surface area contributed by atoms with Gasteiger partial charge in [-0.3, -0.25) is 0 Å². The van der Waals surface area contributed by atoms with E-state index >= 15 is 0 Å². The summed E-state index contributed by atoms with van der Waals surface area (Å²) in [6.45, 7) is 11.7. The van der Waals surface area contributed by atoms with Crippen LogP contribution in [0.1, 0.15) is 64.3 Å². The van der Waals surface area contributed by atoms with Gasteiger partial charge in [0.05, 0.1) is 25.2 Å². The predicted octanol–water partition coefficient (Wildman–Crippen LogP) is 14.4. The third-order valence-electron chi connectivity index (χ3n) is 12.7. The molecular weight excluding hydrogens is 797 g/mol. The van der Waals surface area contributed by atoms with Crippen LogP contribution in [0, 0.1) is 5.41 Å². The number of ether oxygens (including phenoxy) is 1. The zero-order valence-corrected chi connectivity index (χ0v) is 38.4. The van der Waals surface area contributed by atoms with Crippen molar-refractivity contribution in [3.63, 3.8) is 0 Å². The van der Waals surface area contributed by atoms with Crippen LogP contribution in [-0.4, -0.2) is 35.1 Å². The molecule has 0 aliphatic rings. The average molecular weight is 857 g/mol. The quantitative estimate of drug-likeness (QED) is 0.108. The fraction of sp³-hybridized carbons (Fsp3) is 0.213. The fourth-order valence-corrected chi connectivity index (χ4v) is 9.29. The summed E-state index contributed by atoms with van der Waals surface area (Å²) in [7, 11) is 0. The highest BCUT2D eigenvalue weighted by molar-refractivity contribution is 6.00. The maximum Gasteiger partial charge on any atom is 0.137 e. The van der Waals surface area contributed by atoms with E-state index in [1.165, 1.54) is 0 Å². The van der Waals surface area contributed by atoms with Gasteiger partial charge in [-0.15, -0.1) is 0 Å². The maximum atomic E-state index is 11.7. The van der Waals surface area contributed by atoms with Crippen molar-refractivity contribution in [1.82, 2.24) is 0 Å². The van der Waals surface area contributed by atoms with E-state index in [0.29, 0.717) is 5.75 Å². The first-order valence-electron chi connectivity index (χ1n) is 22.6. The molecule has 0 spiro atoms. The Morgan fingerprint density at radius 3 is 0.954 bits per heavy atom. The highest BCUT2D eigenvalue weighted by Gasteiger charge is 2.44. The van der Waals surface area contributed by atoms with E-state index < -0.39 is 36.8 Å². The zero-order chi connectivity index (χ0) is 45.8. The van der Waals surface area contributed by atoms with E-state index in [2.05, 4.69) is 175 Å². The molecule has 0 aliphatic carbocycles. The van der Waals surface area contributed by atoms with Gasteiger partial charge < -0.3 is 20.1 Å². The van der Waals surface area contributed by atoms with E-state index in [-0.39, 0.29) is 5.41 Å². The van der Waals surface area contributed by atoms with Crippen molar-refractivity contribution < 1.29 is 20.1 Å². The third kappa shape index (κ3) is 8.95. The Kier molecular flexibility index (Phi) is 13.1. The topological polar surface area (TPSA) is 69.9 Å². The molecule has 0 aromatic heterocycles. The molecule has 0 heterocycles. The number of aliphatic hydroxyl groups is 3. The van der Waals surface area contributed by atoms with Gasteiger partial charge in [0.2, 0.25) is 0 Å². The summed E-state index contributed by atoms with van der Waals surface area (Å²) in [5, 5.41) is 35.1. The van der Waals surface area contributed by atoms with Crippen LogP contribution in [0.3, 0.4) is 0 Å². The largest absolute Gasteiger partial charge is 0.484 e. The summed E-state index contributed by atoms with van der Waals surface area (Å²) < 4.78 is 7.80. The molecule has 8 aromatic carbocycles. The fourth-order valence-electron chi connectivity index (χ4n) is 9.29. The zero-order valence-electron chi connectivity index (χ0n) is 38.4. The normalized spacial score (nSPS) is 12.5. The first-order chi connectivity index (χ1) is 31.4. The second-order valence-electron chi connectivity index (χ2n) is 19.2. The van der Waals surface area contributed by atoms with Crippen LogP contribution in [0.4, 0.5) is 0 Å². The maximum absolute atomic E-state index is 11.7. The summed E-state index contributed by atoms with van der Waals surface area (Å²) in [6.07, 6.45) is -1.08. The van der Waals surface area contributed by atoms with Crippen molar-refractivity contribution in [3.05, 3.63) is 211 Å². The summed E-state index contributed by atoms with van der Waals surface area (Å²) in [5.74, 6) is 0.578. The average Bonchev–Trinajstić information content (AvgIpc) is 3.34. The standard InChI is InChI=1S/C61H60O4/c1-59(2,3)49-37-48(52(42-25-13-7-14-26-42)56(46-33-21-11-22-34-46)53(49)43-27-15-8-16-28-43)58(61(39-62,40-63)41-64)65-51-38-50(60(4,5)6)54(44-29-17-9-18-30-44)57(47-35-23-12-24-36-47)55(51)45-31-19-10-20-32-45/h7-38,58,62-64H,39-41H2,1-6H3. The minimum absolute atomic E-state index is 0.369. The van der Waals surface area contributed by atoms with E-state index in [0.717, 1.165) is 83.5 Å². The van der Waals surface area contributed by atoms with Crippen LogP contribution < -0.4 is 4.74 Å². The predicted molar refractivity (Wildman–Crippen MR) is 270 cm³/mol. The van der Waals surface area contributed by atoms with E-state index in [9.17, 15) is 15.3 Å². The summed E-state index contributed by atoms with van der Waals surface area (Å²) in [4.78, 5) is 0. The molecule has 4 heteroatoms. The van der Waals surface area contributed by atoms with Crippen LogP contribution in [-0.2, 0) is 10.8 Å². The second kappa shape index (κ2) is 18.9. The molecular formula is C61H60O4. The van der Waals surface area contributed by atoms with Gasteiger partial charge in [-0.25, -0.2) is 0 Å². The monoisotopic (exact) mass is 856 g/mol. The lowest BCUT2D eigenvalue weighted by molar-refractivity contribution is -0.0739. The molecule has 3 N–H and O–H groups in total. The van der Waals surface area contributed by atoms with Gasteiger partial charge in [0, 0.05) is 16.7 Å². The van der Waals surface area contributed by atoms with Crippen molar-refractivity contribution in [2.75, 3.05) is 19.8 Å². The van der Waals surface area contributed by atoms with Crippen LogP contribution >= 0.6 is 0 Å². The molecule has 0 amide bonds. The van der Waals surface area contributed by atoms with Gasteiger partial charge >= 0.3 is 0 Å². The molecule has 8 aromatic rings. The van der Waals surface area contributed by atoms with Crippen molar-refractivity contribution in [2.45, 2.75) is 58.5 Å². The van der Waals surface area contributed by atoms with Crippen molar-refractivity contribution in [1.29, 1.82) is 0 Å². The second-order valence-corrected chi connectivity index (χ2v) is 19.2. The van der Waals surface area contributed by atoms with Crippen LogP contribution in [0.25, 0.3) is 66.8 Å². The highest BCUT2D eigenvalue weighted by Crippen LogP contribution is 2.55. The molecule has 65 heavy (non-hydrogen) atoms. The Hall–Kier alpha value is -6.56. The number of hydrogen-bond donors (Lipinski definition) is 3. The van der Waals surface area contributed by atoms with Gasteiger partial charge in [0.15, 0.2) is 0 Å². The number of aliphatic hydroxyl groups excluding tert-OH is 3. The molecule has 0 fully saturated rings. The van der Waals surface area contributed by atoms with E-state index in [1.807, 2.05) is 60.7 Å². The Balaban J connectivity index is 1.58. The molecule has 1 atom stereocenters. The first kappa shape index (κ1) is 45.0. The van der Waals surface area contributed by atoms with Crippen LogP contribution in [0.2, 0.25) is 0 Å². The minimum atomic E-state index is -1.55. The Morgan fingerprint density at radius 1 is 0.354 bits per heavy atom. The number of hydrogen-bond acceptors (Lipinski definition) is 4. The molecule has 4 nitrogen and oxygen atoms in total. The Labute approximate surface area is 385 Å². The molecule has 0 radical (unpaired) electrons. The number of rotatable bonds is 13.